The zero-order valence-electron chi connectivity index (χ0n) is 16.1. The number of anilines is 1. The van der Waals surface area contributed by atoms with E-state index in [9.17, 15) is 14.4 Å². The second kappa shape index (κ2) is 9.99. The number of hydrogen-bond donors (Lipinski definition) is 2. The Balaban J connectivity index is 1.65. The Morgan fingerprint density at radius 2 is 2.07 bits per heavy atom. The average Bonchev–Trinajstić information content (AvgIpc) is 3.13. The minimum absolute atomic E-state index is 0.00830. The number of nitrogens with one attached hydrogen (secondary N) is 2. The number of benzene rings is 1. The molecular formula is C19H20ClN5O5. The van der Waals surface area contributed by atoms with Crippen molar-refractivity contribution < 1.29 is 19.1 Å². The van der Waals surface area contributed by atoms with Crippen LogP contribution in [0, 0.1) is 0 Å². The molecule has 0 aliphatic rings. The Bertz CT molecular complexity index is 1080. The minimum Gasteiger partial charge on any atom is -0.459 e. The summed E-state index contributed by atoms with van der Waals surface area (Å²) in [5.74, 6) is -0.508. The van der Waals surface area contributed by atoms with E-state index in [1.165, 1.54) is 17.8 Å². The molecule has 11 heteroatoms. The third-order valence-corrected chi connectivity index (χ3v) is 4.29. The van der Waals surface area contributed by atoms with Gasteiger partial charge in [0.15, 0.2) is 11.2 Å². The molecule has 1 aromatic carbocycles. The Labute approximate surface area is 176 Å². The molecule has 0 saturated heterocycles. The molecule has 30 heavy (non-hydrogen) atoms. The molecule has 0 fully saturated rings. The number of H-pyrrole nitrogens is 1. The molecule has 2 aromatic heterocycles. The molecule has 0 aliphatic heterocycles. The molecule has 0 aliphatic carbocycles. The summed E-state index contributed by atoms with van der Waals surface area (Å²) >= 11 is 5.83. The highest BCUT2D eigenvalue weighted by molar-refractivity contribution is 6.17. The Kier molecular flexibility index (Phi) is 7.15. The van der Waals surface area contributed by atoms with E-state index in [-0.39, 0.29) is 36.4 Å². The zero-order chi connectivity index (χ0) is 21.5. The van der Waals surface area contributed by atoms with Gasteiger partial charge in [0.2, 0.25) is 11.9 Å². The van der Waals surface area contributed by atoms with Crippen molar-refractivity contribution in [3.63, 3.8) is 0 Å². The fourth-order valence-electron chi connectivity index (χ4n) is 2.66. The third-order valence-electron chi connectivity index (χ3n) is 4.07. The summed E-state index contributed by atoms with van der Waals surface area (Å²) in [7, 11) is 0. The normalized spacial score (nSPS) is 11.9. The van der Waals surface area contributed by atoms with E-state index in [0.717, 1.165) is 0 Å². The molecule has 1 atom stereocenters. The zero-order valence-corrected chi connectivity index (χ0v) is 16.9. The van der Waals surface area contributed by atoms with Crippen molar-refractivity contribution in [2.75, 3.05) is 17.8 Å². The largest absolute Gasteiger partial charge is 0.459 e. The van der Waals surface area contributed by atoms with E-state index in [4.69, 9.17) is 21.1 Å². The maximum atomic E-state index is 12.4. The van der Waals surface area contributed by atoms with Crippen molar-refractivity contribution in [3.8, 4) is 0 Å². The van der Waals surface area contributed by atoms with Gasteiger partial charge in [0.1, 0.15) is 13.3 Å². The molecule has 0 saturated carbocycles. The van der Waals surface area contributed by atoms with E-state index in [2.05, 4.69) is 20.3 Å². The number of aromatic nitrogens is 4. The molecule has 1 amide bonds. The number of ether oxygens (including phenoxy) is 2. The summed E-state index contributed by atoms with van der Waals surface area (Å²) in [5.41, 5.74) is 0.315. The molecule has 158 valence electrons. The van der Waals surface area contributed by atoms with Crippen LogP contribution in [0.3, 0.4) is 0 Å². The van der Waals surface area contributed by atoms with Crippen LogP contribution in [0.4, 0.5) is 5.95 Å². The van der Waals surface area contributed by atoms with Crippen LogP contribution in [-0.4, -0.2) is 50.0 Å². The minimum atomic E-state index is -0.478. The molecular weight excluding hydrogens is 414 g/mol. The van der Waals surface area contributed by atoms with Crippen molar-refractivity contribution in [2.45, 2.75) is 26.2 Å². The van der Waals surface area contributed by atoms with Crippen LogP contribution < -0.4 is 10.9 Å². The van der Waals surface area contributed by atoms with Gasteiger partial charge in [-0.3, -0.25) is 19.9 Å². The van der Waals surface area contributed by atoms with Crippen molar-refractivity contribution in [1.82, 2.24) is 19.5 Å². The second-order valence-corrected chi connectivity index (χ2v) is 6.72. The van der Waals surface area contributed by atoms with Gasteiger partial charge in [-0.2, -0.15) is 4.98 Å². The SMILES string of the molecule is CC(=O)Nc1nc2ncn(CO[C@@H](CCCl)COC(=O)c3ccccc3)c2c(=O)[nH]1. The first-order valence-corrected chi connectivity index (χ1v) is 9.64. The number of imidazole rings is 1. The number of amides is 1. The van der Waals surface area contributed by atoms with E-state index in [1.807, 2.05) is 0 Å². The summed E-state index contributed by atoms with van der Waals surface area (Å²) in [6.45, 7) is 1.29. The molecule has 3 rings (SSSR count). The fraction of sp³-hybridized carbons (Fsp3) is 0.316. The maximum Gasteiger partial charge on any atom is 0.338 e. The third kappa shape index (κ3) is 5.43. The average molecular weight is 434 g/mol. The number of fused-ring (bicyclic) bond motifs is 1. The van der Waals surface area contributed by atoms with Crippen LogP contribution in [0.1, 0.15) is 23.7 Å². The monoisotopic (exact) mass is 433 g/mol. The van der Waals surface area contributed by atoms with Crippen LogP contribution in [0.25, 0.3) is 11.2 Å². The van der Waals surface area contributed by atoms with E-state index < -0.39 is 17.6 Å². The second-order valence-electron chi connectivity index (χ2n) is 6.34. The Morgan fingerprint density at radius 3 is 2.77 bits per heavy atom. The van der Waals surface area contributed by atoms with Crippen LogP contribution >= 0.6 is 11.6 Å². The molecule has 0 spiro atoms. The predicted octanol–water partition coefficient (Wildman–Crippen LogP) is 1.91. The maximum absolute atomic E-state index is 12.4. The van der Waals surface area contributed by atoms with Crippen LogP contribution in [-0.2, 0) is 21.0 Å². The highest BCUT2D eigenvalue weighted by Gasteiger charge is 2.16. The lowest BCUT2D eigenvalue weighted by molar-refractivity contribution is -0.114. The van der Waals surface area contributed by atoms with Crippen molar-refractivity contribution >= 4 is 40.6 Å². The van der Waals surface area contributed by atoms with Gasteiger partial charge in [-0.15, -0.1) is 11.6 Å². The summed E-state index contributed by atoms with van der Waals surface area (Å²) in [6.07, 6.45) is 1.37. The summed E-state index contributed by atoms with van der Waals surface area (Å²) in [5, 5.41) is 2.41. The molecule has 0 bridgehead atoms. The molecule has 3 aromatic rings. The van der Waals surface area contributed by atoms with Gasteiger partial charge in [0.25, 0.3) is 5.56 Å². The smallest absolute Gasteiger partial charge is 0.338 e. The van der Waals surface area contributed by atoms with Gasteiger partial charge in [0.05, 0.1) is 18.0 Å². The number of aromatic amines is 1. The first kappa shape index (κ1) is 21.5. The highest BCUT2D eigenvalue weighted by atomic mass is 35.5. The number of alkyl halides is 1. The first-order chi connectivity index (χ1) is 14.5. The number of carbonyl (C=O) groups excluding carboxylic acids is 2. The molecule has 2 heterocycles. The Morgan fingerprint density at radius 1 is 1.30 bits per heavy atom. The van der Waals surface area contributed by atoms with Crippen LogP contribution in [0.5, 0.6) is 0 Å². The molecule has 0 unspecified atom stereocenters. The van der Waals surface area contributed by atoms with E-state index in [1.54, 1.807) is 30.3 Å². The summed E-state index contributed by atoms with van der Waals surface area (Å²) < 4.78 is 12.6. The van der Waals surface area contributed by atoms with Gasteiger partial charge >= 0.3 is 5.97 Å². The number of hydrogen-bond acceptors (Lipinski definition) is 7. The van der Waals surface area contributed by atoms with Crippen molar-refractivity contribution in [2.24, 2.45) is 0 Å². The van der Waals surface area contributed by atoms with Gasteiger partial charge in [-0.1, -0.05) is 18.2 Å². The molecule has 2 N–H and O–H groups in total. The molecule has 10 nitrogen and oxygen atoms in total. The number of halogens is 1. The standard InChI is InChI=1S/C19H20ClN5O5/c1-12(26)22-19-23-16-15(17(27)24-19)25(10-21-16)11-30-14(7-8-20)9-29-18(28)13-5-3-2-4-6-13/h2-6,10,14H,7-9,11H2,1H3,(H2,22,23,24,26,27)/t14-/m0/s1. The number of carbonyl (C=O) groups is 2. The van der Waals surface area contributed by atoms with Gasteiger partial charge in [-0.05, 0) is 18.6 Å². The van der Waals surface area contributed by atoms with E-state index >= 15 is 0 Å². The van der Waals surface area contributed by atoms with Gasteiger partial charge < -0.3 is 14.0 Å². The van der Waals surface area contributed by atoms with Gasteiger partial charge in [-0.25, -0.2) is 9.78 Å². The fourth-order valence-corrected chi connectivity index (χ4v) is 2.90. The lowest BCUT2D eigenvalue weighted by Crippen LogP contribution is -2.25. The van der Waals surface area contributed by atoms with Crippen LogP contribution in [0.15, 0.2) is 41.5 Å². The number of rotatable bonds is 9. The lowest BCUT2D eigenvalue weighted by atomic mass is 10.2. The van der Waals surface area contributed by atoms with Crippen molar-refractivity contribution in [3.05, 3.63) is 52.6 Å². The highest BCUT2D eigenvalue weighted by Crippen LogP contribution is 2.11. The lowest BCUT2D eigenvalue weighted by Gasteiger charge is -2.17. The van der Waals surface area contributed by atoms with Crippen molar-refractivity contribution in [1.29, 1.82) is 0 Å². The number of nitrogens with zero attached hydrogens (tertiary/aromatic N) is 3. The van der Waals surface area contributed by atoms with Gasteiger partial charge in [0, 0.05) is 12.8 Å². The topological polar surface area (TPSA) is 128 Å². The number of esters is 1. The summed E-state index contributed by atoms with van der Waals surface area (Å²) in [6, 6.07) is 8.62. The summed E-state index contributed by atoms with van der Waals surface area (Å²) in [4.78, 5) is 46.2. The van der Waals surface area contributed by atoms with E-state index in [0.29, 0.717) is 17.9 Å². The van der Waals surface area contributed by atoms with Crippen LogP contribution in [0.2, 0.25) is 0 Å². The molecule has 0 radical (unpaired) electrons. The predicted molar refractivity (Wildman–Crippen MR) is 109 cm³/mol. The first-order valence-electron chi connectivity index (χ1n) is 9.10. The quantitative estimate of drug-likeness (QED) is 0.389. The Hall–Kier alpha value is -3.24.